The number of nitrogens with one attached hydrogen (secondary N) is 1. The molecule has 0 aliphatic carbocycles. The van der Waals surface area contributed by atoms with Gasteiger partial charge < -0.3 is 25.2 Å². The van der Waals surface area contributed by atoms with Crippen molar-refractivity contribution in [1.29, 1.82) is 0 Å². The summed E-state index contributed by atoms with van der Waals surface area (Å²) in [6, 6.07) is 0. The third kappa shape index (κ3) is 1.45. The highest BCUT2D eigenvalue weighted by molar-refractivity contribution is 4.89. The van der Waals surface area contributed by atoms with E-state index >= 15 is 0 Å². The summed E-state index contributed by atoms with van der Waals surface area (Å²) in [5, 5.41) is 39.0. The average Bonchev–Trinajstić information content (AvgIpc) is 2.09. The minimum absolute atomic E-state index is 0.227. The molecule has 6 heteroatoms. The van der Waals surface area contributed by atoms with Gasteiger partial charge in [0.25, 0.3) is 5.91 Å². The first-order chi connectivity index (χ1) is 5.51. The number of hydrogen-bond acceptors (Lipinski definition) is 6. The van der Waals surface area contributed by atoms with E-state index in [1.807, 2.05) is 0 Å². The maximum Gasteiger partial charge on any atom is 0.254 e. The topological polar surface area (TPSA) is 102 Å². The molecule has 0 aromatic heterocycles. The molecule has 72 valence electrons. The summed E-state index contributed by atoms with van der Waals surface area (Å²) in [5.74, 6) is -1.97. The van der Waals surface area contributed by atoms with Gasteiger partial charge in [-0.25, -0.2) is 0 Å². The molecule has 1 heterocycles. The molecular formula is C6H13NO5. The van der Waals surface area contributed by atoms with Crippen molar-refractivity contribution >= 4 is 0 Å². The predicted molar refractivity (Wildman–Crippen MR) is 38.0 cm³/mol. The largest absolute Gasteiger partial charge is 0.388 e. The molecule has 0 spiro atoms. The molecule has 4 atom stereocenters. The van der Waals surface area contributed by atoms with Crippen molar-refractivity contribution in [2.45, 2.75) is 24.2 Å². The Kier molecular flexibility index (Phi) is 2.67. The first-order valence-corrected chi connectivity index (χ1v) is 3.60. The number of hydrogen-bond donors (Lipinski definition) is 5. The Hall–Kier alpha value is -0.240. The van der Waals surface area contributed by atoms with Gasteiger partial charge >= 0.3 is 0 Å². The SMILES string of the molecule is CNC1(O)OC[C@@H](O)[C@H](O)[C@H]1O. The molecule has 0 bridgehead atoms. The normalized spacial score (nSPS) is 49.2. The van der Waals surface area contributed by atoms with Crippen LogP contribution in [0.5, 0.6) is 0 Å². The van der Waals surface area contributed by atoms with Crippen LogP contribution in [0, 0.1) is 0 Å². The van der Waals surface area contributed by atoms with Crippen LogP contribution in [0.15, 0.2) is 0 Å². The Morgan fingerprint density at radius 3 is 2.50 bits per heavy atom. The fourth-order valence-corrected chi connectivity index (χ4v) is 1.06. The minimum atomic E-state index is -1.97. The average molecular weight is 179 g/mol. The molecule has 0 aromatic rings. The maximum atomic E-state index is 9.38. The van der Waals surface area contributed by atoms with Gasteiger partial charge in [0.2, 0.25) is 0 Å². The Bertz CT molecular complexity index is 166. The summed E-state index contributed by atoms with van der Waals surface area (Å²) in [6.45, 7) is -0.227. The zero-order valence-electron chi connectivity index (χ0n) is 6.64. The van der Waals surface area contributed by atoms with E-state index in [0.29, 0.717) is 0 Å². The van der Waals surface area contributed by atoms with Crippen LogP contribution < -0.4 is 5.32 Å². The van der Waals surface area contributed by atoms with Gasteiger partial charge in [-0.15, -0.1) is 0 Å². The lowest BCUT2D eigenvalue weighted by Crippen LogP contribution is -2.66. The molecule has 1 rings (SSSR count). The van der Waals surface area contributed by atoms with Gasteiger partial charge in [-0.3, -0.25) is 5.32 Å². The number of aliphatic hydroxyl groups excluding tert-OH is 3. The van der Waals surface area contributed by atoms with E-state index in [1.165, 1.54) is 7.05 Å². The van der Waals surface area contributed by atoms with Crippen LogP contribution in [-0.4, -0.2) is 58.3 Å². The first-order valence-electron chi connectivity index (χ1n) is 3.60. The smallest absolute Gasteiger partial charge is 0.254 e. The van der Waals surface area contributed by atoms with Crippen molar-refractivity contribution in [2.75, 3.05) is 13.7 Å². The summed E-state index contributed by atoms with van der Waals surface area (Å²) < 4.78 is 4.69. The Balaban J connectivity index is 2.71. The highest BCUT2D eigenvalue weighted by Gasteiger charge is 2.47. The van der Waals surface area contributed by atoms with Gasteiger partial charge in [-0.1, -0.05) is 0 Å². The molecule has 1 unspecified atom stereocenters. The summed E-state index contributed by atoms with van der Waals surface area (Å²) in [5.41, 5.74) is 0. The summed E-state index contributed by atoms with van der Waals surface area (Å²) in [7, 11) is 1.37. The van der Waals surface area contributed by atoms with Crippen molar-refractivity contribution in [1.82, 2.24) is 5.32 Å². The van der Waals surface area contributed by atoms with Crippen LogP contribution >= 0.6 is 0 Å². The Morgan fingerprint density at radius 1 is 1.42 bits per heavy atom. The molecule has 0 radical (unpaired) electrons. The maximum absolute atomic E-state index is 9.38. The van der Waals surface area contributed by atoms with Crippen molar-refractivity contribution in [3.05, 3.63) is 0 Å². The van der Waals surface area contributed by atoms with Crippen molar-refractivity contribution < 1.29 is 25.2 Å². The van der Waals surface area contributed by atoms with Crippen LogP contribution in [0.4, 0.5) is 0 Å². The van der Waals surface area contributed by atoms with Gasteiger partial charge in [0.05, 0.1) is 6.61 Å². The Labute approximate surface area is 69.4 Å². The summed E-state index contributed by atoms with van der Waals surface area (Å²) >= 11 is 0. The van der Waals surface area contributed by atoms with Crippen molar-refractivity contribution in [2.24, 2.45) is 0 Å². The zero-order chi connectivity index (χ0) is 9.35. The Morgan fingerprint density at radius 2 is 2.00 bits per heavy atom. The monoisotopic (exact) mass is 179 g/mol. The van der Waals surface area contributed by atoms with E-state index in [2.05, 4.69) is 5.32 Å². The molecule has 1 aliphatic heterocycles. The van der Waals surface area contributed by atoms with Gasteiger partial charge in [0, 0.05) is 0 Å². The van der Waals surface area contributed by atoms with E-state index in [0.717, 1.165) is 0 Å². The van der Waals surface area contributed by atoms with E-state index < -0.39 is 24.2 Å². The van der Waals surface area contributed by atoms with Crippen LogP contribution in [0.2, 0.25) is 0 Å². The third-order valence-corrected chi connectivity index (χ3v) is 1.95. The number of ether oxygens (including phenoxy) is 1. The first kappa shape index (κ1) is 9.85. The molecular weight excluding hydrogens is 166 g/mol. The second-order valence-corrected chi connectivity index (χ2v) is 2.76. The summed E-state index contributed by atoms with van der Waals surface area (Å²) in [4.78, 5) is 0. The van der Waals surface area contributed by atoms with E-state index in [1.54, 1.807) is 0 Å². The van der Waals surface area contributed by atoms with Gasteiger partial charge in [0.1, 0.15) is 12.2 Å². The lowest BCUT2D eigenvalue weighted by Gasteiger charge is -2.40. The number of rotatable bonds is 1. The molecule has 0 saturated carbocycles. The molecule has 1 aliphatic rings. The van der Waals surface area contributed by atoms with Crippen molar-refractivity contribution in [3.63, 3.8) is 0 Å². The molecule has 0 aromatic carbocycles. The molecule has 5 N–H and O–H groups in total. The fraction of sp³-hybridized carbons (Fsp3) is 1.00. The van der Waals surface area contributed by atoms with Gasteiger partial charge in [-0.2, -0.15) is 0 Å². The van der Waals surface area contributed by atoms with E-state index in [-0.39, 0.29) is 6.61 Å². The zero-order valence-corrected chi connectivity index (χ0v) is 6.64. The number of aliphatic hydroxyl groups is 4. The molecule has 0 amide bonds. The molecule has 1 fully saturated rings. The van der Waals surface area contributed by atoms with Crippen LogP contribution in [-0.2, 0) is 4.74 Å². The minimum Gasteiger partial charge on any atom is -0.388 e. The highest BCUT2D eigenvalue weighted by Crippen LogP contribution is 2.20. The second-order valence-electron chi connectivity index (χ2n) is 2.76. The van der Waals surface area contributed by atoms with Crippen LogP contribution in [0.25, 0.3) is 0 Å². The van der Waals surface area contributed by atoms with E-state index in [4.69, 9.17) is 14.9 Å². The van der Waals surface area contributed by atoms with E-state index in [9.17, 15) is 10.2 Å². The molecule has 6 nitrogen and oxygen atoms in total. The second kappa shape index (κ2) is 3.25. The highest BCUT2D eigenvalue weighted by atomic mass is 16.7. The van der Waals surface area contributed by atoms with Crippen LogP contribution in [0.1, 0.15) is 0 Å². The standard InChI is InChI=1S/C6H13NO5/c1-7-6(11)5(10)4(9)3(8)2-12-6/h3-5,7-11H,2H2,1H3/t3-,4+,5-,6?/m1/s1. The molecule has 1 saturated heterocycles. The quantitative estimate of drug-likeness (QED) is 0.274. The summed E-state index contributed by atoms with van der Waals surface area (Å²) in [6.07, 6.45) is -4.14. The van der Waals surface area contributed by atoms with Crippen LogP contribution in [0.3, 0.4) is 0 Å². The fourth-order valence-electron chi connectivity index (χ4n) is 1.06. The predicted octanol–water partition coefficient (Wildman–Crippen LogP) is -3.04. The van der Waals surface area contributed by atoms with Crippen molar-refractivity contribution in [3.8, 4) is 0 Å². The molecule has 12 heavy (non-hydrogen) atoms. The lowest BCUT2D eigenvalue weighted by molar-refractivity contribution is -0.332. The third-order valence-electron chi connectivity index (χ3n) is 1.95. The number of likely N-dealkylation sites (N-methyl/N-ethyl adjacent to an activating group) is 1. The van der Waals surface area contributed by atoms with Gasteiger partial charge in [-0.05, 0) is 7.05 Å². The van der Waals surface area contributed by atoms with Gasteiger partial charge in [0.15, 0.2) is 6.10 Å². The lowest BCUT2D eigenvalue weighted by atomic mass is 10.0.